The van der Waals surface area contributed by atoms with Crippen molar-refractivity contribution >= 4 is 11.8 Å². The first-order valence-corrected chi connectivity index (χ1v) is 8.45. The highest BCUT2D eigenvalue weighted by molar-refractivity contribution is 7.99. The summed E-state index contributed by atoms with van der Waals surface area (Å²) < 4.78 is 2.02. The van der Waals surface area contributed by atoms with Crippen molar-refractivity contribution in [2.45, 2.75) is 44.2 Å². The van der Waals surface area contributed by atoms with Crippen molar-refractivity contribution in [1.29, 1.82) is 0 Å². The number of hydrogen-bond donors (Lipinski definition) is 1. The van der Waals surface area contributed by atoms with Gasteiger partial charge in [-0.15, -0.1) is 11.8 Å². The van der Waals surface area contributed by atoms with E-state index in [1.807, 2.05) is 23.5 Å². The van der Waals surface area contributed by atoms with Gasteiger partial charge in [-0.05, 0) is 32.5 Å². The minimum atomic E-state index is 0.398. The van der Waals surface area contributed by atoms with Crippen LogP contribution in [0.4, 0.5) is 0 Å². The monoisotopic (exact) mass is 304 g/mol. The number of aromatic nitrogens is 3. The first kappa shape index (κ1) is 16.0. The van der Waals surface area contributed by atoms with Crippen LogP contribution in [-0.2, 0) is 13.0 Å². The summed E-state index contributed by atoms with van der Waals surface area (Å²) in [4.78, 5) is 5.72. The normalized spacial score (nSPS) is 12.5. The molecule has 0 aliphatic heterocycles. The van der Waals surface area contributed by atoms with E-state index >= 15 is 0 Å². The SMILES string of the molecule is CCCn1ncnc1CC(CSc1cccc(C)c1)NC. The standard InChI is InChI=1S/C16H24N4S/c1-4-8-20-16(18-12-19-20)10-14(17-3)11-21-15-7-5-6-13(2)9-15/h5-7,9,12,14,17H,4,8,10-11H2,1-3H3. The third kappa shape index (κ3) is 4.86. The van der Waals surface area contributed by atoms with Crippen molar-refractivity contribution in [2.75, 3.05) is 12.8 Å². The number of nitrogens with one attached hydrogen (secondary N) is 1. The molecule has 0 radical (unpaired) electrons. The van der Waals surface area contributed by atoms with Gasteiger partial charge in [0.1, 0.15) is 12.2 Å². The predicted molar refractivity (Wildman–Crippen MR) is 88.8 cm³/mol. The van der Waals surface area contributed by atoms with Gasteiger partial charge in [-0.25, -0.2) is 4.98 Å². The highest BCUT2D eigenvalue weighted by atomic mass is 32.2. The Morgan fingerprint density at radius 2 is 2.24 bits per heavy atom. The highest BCUT2D eigenvalue weighted by Crippen LogP contribution is 2.20. The minimum Gasteiger partial charge on any atom is -0.316 e. The van der Waals surface area contributed by atoms with Gasteiger partial charge < -0.3 is 5.32 Å². The van der Waals surface area contributed by atoms with Gasteiger partial charge in [-0.3, -0.25) is 4.68 Å². The maximum atomic E-state index is 4.39. The molecule has 1 atom stereocenters. The fraction of sp³-hybridized carbons (Fsp3) is 0.500. The van der Waals surface area contributed by atoms with E-state index < -0.39 is 0 Å². The Hall–Kier alpha value is -1.33. The van der Waals surface area contributed by atoms with Gasteiger partial charge in [-0.2, -0.15) is 5.10 Å². The molecule has 114 valence electrons. The second kappa shape index (κ2) is 8.20. The van der Waals surface area contributed by atoms with Crippen LogP contribution in [0.15, 0.2) is 35.5 Å². The lowest BCUT2D eigenvalue weighted by Crippen LogP contribution is -2.31. The zero-order valence-electron chi connectivity index (χ0n) is 13.0. The molecule has 1 unspecified atom stereocenters. The minimum absolute atomic E-state index is 0.398. The maximum absolute atomic E-state index is 4.39. The summed E-state index contributed by atoms with van der Waals surface area (Å²) in [5, 5.41) is 7.69. The van der Waals surface area contributed by atoms with Crippen molar-refractivity contribution in [3.63, 3.8) is 0 Å². The molecule has 1 aromatic carbocycles. The van der Waals surface area contributed by atoms with Gasteiger partial charge in [0.15, 0.2) is 0 Å². The lowest BCUT2D eigenvalue weighted by molar-refractivity contribution is 0.528. The number of hydrogen-bond acceptors (Lipinski definition) is 4. The summed E-state index contributed by atoms with van der Waals surface area (Å²) in [6.07, 6.45) is 3.65. The summed E-state index contributed by atoms with van der Waals surface area (Å²) >= 11 is 1.89. The highest BCUT2D eigenvalue weighted by Gasteiger charge is 2.12. The fourth-order valence-corrected chi connectivity index (χ4v) is 3.33. The second-order valence-electron chi connectivity index (χ2n) is 5.22. The maximum Gasteiger partial charge on any atom is 0.138 e. The van der Waals surface area contributed by atoms with E-state index in [4.69, 9.17) is 0 Å². The number of nitrogens with zero attached hydrogens (tertiary/aromatic N) is 3. The molecule has 0 aliphatic rings. The average molecular weight is 304 g/mol. The van der Waals surface area contributed by atoms with E-state index in [-0.39, 0.29) is 0 Å². The first-order valence-electron chi connectivity index (χ1n) is 7.46. The zero-order chi connectivity index (χ0) is 15.1. The van der Waals surface area contributed by atoms with Gasteiger partial charge in [0.2, 0.25) is 0 Å². The predicted octanol–water partition coefficient (Wildman–Crippen LogP) is 2.92. The van der Waals surface area contributed by atoms with E-state index in [0.717, 1.165) is 31.0 Å². The van der Waals surface area contributed by atoms with Crippen LogP contribution in [0.2, 0.25) is 0 Å². The molecule has 0 spiro atoms. The molecule has 0 saturated heterocycles. The first-order chi connectivity index (χ1) is 10.2. The van der Waals surface area contributed by atoms with Gasteiger partial charge in [0.05, 0.1) is 0 Å². The Labute approximate surface area is 131 Å². The molecule has 2 rings (SSSR count). The molecule has 21 heavy (non-hydrogen) atoms. The summed E-state index contributed by atoms with van der Waals surface area (Å²) in [6, 6.07) is 9.05. The largest absolute Gasteiger partial charge is 0.316 e. The van der Waals surface area contributed by atoms with Crippen molar-refractivity contribution in [2.24, 2.45) is 0 Å². The molecule has 1 N–H and O–H groups in total. The third-order valence-electron chi connectivity index (χ3n) is 3.41. The quantitative estimate of drug-likeness (QED) is 0.762. The van der Waals surface area contributed by atoms with E-state index in [2.05, 4.69) is 53.5 Å². The van der Waals surface area contributed by atoms with E-state index in [0.29, 0.717) is 6.04 Å². The summed E-state index contributed by atoms with van der Waals surface area (Å²) in [5.74, 6) is 2.10. The molecule has 0 bridgehead atoms. The van der Waals surface area contributed by atoms with E-state index in [1.54, 1.807) is 6.33 Å². The van der Waals surface area contributed by atoms with Crippen LogP contribution in [0.3, 0.4) is 0 Å². The van der Waals surface area contributed by atoms with Crippen molar-refractivity contribution in [1.82, 2.24) is 20.1 Å². The number of rotatable bonds is 8. The zero-order valence-corrected chi connectivity index (χ0v) is 13.9. The summed E-state index contributed by atoms with van der Waals surface area (Å²) in [6.45, 7) is 5.23. The van der Waals surface area contributed by atoms with Gasteiger partial charge in [0.25, 0.3) is 0 Å². The fourth-order valence-electron chi connectivity index (χ4n) is 2.21. The molecular weight excluding hydrogens is 280 g/mol. The Morgan fingerprint density at radius 3 is 2.95 bits per heavy atom. The topological polar surface area (TPSA) is 42.7 Å². The Bertz CT molecular complexity index is 553. The molecule has 4 nitrogen and oxygen atoms in total. The van der Waals surface area contributed by atoms with Crippen LogP contribution in [0.1, 0.15) is 24.7 Å². The molecule has 0 saturated carbocycles. The van der Waals surface area contributed by atoms with Gasteiger partial charge in [-0.1, -0.05) is 24.6 Å². The number of benzene rings is 1. The smallest absolute Gasteiger partial charge is 0.138 e. The molecule has 0 aliphatic carbocycles. The van der Waals surface area contributed by atoms with E-state index in [9.17, 15) is 0 Å². The average Bonchev–Trinajstić information content (AvgIpc) is 2.91. The molecule has 1 heterocycles. The van der Waals surface area contributed by atoms with Crippen LogP contribution in [0, 0.1) is 6.92 Å². The van der Waals surface area contributed by atoms with E-state index in [1.165, 1.54) is 10.5 Å². The van der Waals surface area contributed by atoms with Crippen molar-refractivity contribution in [3.05, 3.63) is 42.0 Å². The van der Waals surface area contributed by atoms with Crippen LogP contribution in [0.5, 0.6) is 0 Å². The second-order valence-corrected chi connectivity index (χ2v) is 6.31. The lowest BCUT2D eigenvalue weighted by Gasteiger charge is -2.16. The Morgan fingerprint density at radius 1 is 1.38 bits per heavy atom. The number of aryl methyl sites for hydroxylation is 2. The van der Waals surface area contributed by atoms with Crippen LogP contribution >= 0.6 is 11.8 Å². The van der Waals surface area contributed by atoms with Crippen molar-refractivity contribution in [3.8, 4) is 0 Å². The Balaban J connectivity index is 1.92. The molecule has 2 aromatic rings. The van der Waals surface area contributed by atoms with Gasteiger partial charge in [0, 0.05) is 29.7 Å². The molecule has 1 aromatic heterocycles. The number of thioether (sulfide) groups is 1. The molecule has 0 amide bonds. The van der Waals surface area contributed by atoms with Crippen LogP contribution in [0.25, 0.3) is 0 Å². The van der Waals surface area contributed by atoms with Crippen LogP contribution in [-0.4, -0.2) is 33.6 Å². The van der Waals surface area contributed by atoms with Crippen LogP contribution < -0.4 is 5.32 Å². The molecule has 5 heteroatoms. The summed E-state index contributed by atoms with van der Waals surface area (Å²) in [7, 11) is 2.02. The van der Waals surface area contributed by atoms with Crippen molar-refractivity contribution < 1.29 is 0 Å². The molecule has 0 fully saturated rings. The number of likely N-dealkylation sites (N-methyl/N-ethyl adjacent to an activating group) is 1. The summed E-state index contributed by atoms with van der Waals surface area (Å²) in [5.41, 5.74) is 1.31. The molecular formula is C16H24N4S. The third-order valence-corrected chi connectivity index (χ3v) is 4.57. The lowest BCUT2D eigenvalue weighted by atomic mass is 10.2. The van der Waals surface area contributed by atoms with Gasteiger partial charge >= 0.3 is 0 Å². The Kier molecular flexibility index (Phi) is 6.26.